The molecule has 0 aliphatic carbocycles. The van der Waals surface area contributed by atoms with Crippen LogP contribution in [0.5, 0.6) is 0 Å². The van der Waals surface area contributed by atoms with Crippen LogP contribution in [0.3, 0.4) is 0 Å². The zero-order valence-corrected chi connectivity index (χ0v) is 3.61. The van der Waals surface area contributed by atoms with E-state index in [9.17, 15) is 25.2 Å². The standard InChI is InChI=1S/Be.F6P.2H/c;1-7(2,3,4,5)6;;/q;-1;;/p+1. The van der Waals surface area contributed by atoms with E-state index in [4.69, 9.17) is 0 Å². The van der Waals surface area contributed by atoms with Crippen LogP contribution in [0.1, 0.15) is 1.43 Å². The molecule has 0 fully saturated rings. The first-order chi connectivity index (χ1) is 2.45. The average molecular weight is 157 g/mol. The first kappa shape index (κ1) is 11.0. The molecule has 8 heteroatoms. The maximum Gasteiger partial charge on any atom is 1.00 e. The maximum absolute atomic E-state index is 10.7. The van der Waals surface area contributed by atoms with Crippen LogP contribution in [0.25, 0.3) is 0 Å². The number of rotatable bonds is 0. The van der Waals surface area contributed by atoms with Crippen LogP contribution < -0.4 is 0 Å². The van der Waals surface area contributed by atoms with Crippen molar-refractivity contribution in [3.8, 4) is 0 Å². The molecule has 0 atom stereocenters. The van der Waals surface area contributed by atoms with Gasteiger partial charge in [0.1, 0.15) is 0 Å². The Morgan fingerprint density at radius 3 is 0.750 bits per heavy atom. The molecule has 0 aromatic heterocycles. The molecular weight excluding hydrogens is 154 g/mol. The molecule has 0 rings (SSSR count). The van der Waals surface area contributed by atoms with Gasteiger partial charge in [0.15, 0.2) is 0 Å². The van der Waals surface area contributed by atoms with Gasteiger partial charge < -0.3 is 0 Å². The molecule has 0 nitrogen and oxygen atoms in total. The second-order valence-electron chi connectivity index (χ2n) is 0.958. The first-order valence-electron chi connectivity index (χ1n) is 1.01. The van der Waals surface area contributed by atoms with Crippen molar-refractivity contribution in [3.63, 3.8) is 0 Å². The van der Waals surface area contributed by atoms with Crippen LogP contribution >= 0.6 is 7.81 Å². The topological polar surface area (TPSA) is 0 Å². The fraction of sp³-hybridized carbons (Fsp3) is 0. The molecule has 0 aromatic rings. The van der Waals surface area contributed by atoms with E-state index in [1.165, 1.54) is 0 Å². The summed E-state index contributed by atoms with van der Waals surface area (Å²) in [7, 11) is -10.7. The fourth-order valence-corrected chi connectivity index (χ4v) is 0. The van der Waals surface area contributed by atoms with E-state index in [2.05, 4.69) is 0 Å². The fourth-order valence-electron chi connectivity index (χ4n) is 0. The van der Waals surface area contributed by atoms with Crippen molar-refractivity contribution in [3.05, 3.63) is 0 Å². The van der Waals surface area contributed by atoms with Gasteiger partial charge in [0, 0.05) is 0 Å². The smallest absolute Gasteiger partial charge is 1.00 e. The van der Waals surface area contributed by atoms with Crippen LogP contribution in [0.2, 0.25) is 0 Å². The summed E-state index contributed by atoms with van der Waals surface area (Å²) in [5.41, 5.74) is 0. The van der Waals surface area contributed by atoms with Crippen molar-refractivity contribution < 1.29 is 26.6 Å². The van der Waals surface area contributed by atoms with E-state index in [0.717, 1.165) is 0 Å². The maximum atomic E-state index is 9.87. The number of hydrogen-bond acceptors (Lipinski definition) is 0. The summed E-state index contributed by atoms with van der Waals surface area (Å²) in [4.78, 5) is 0. The predicted octanol–water partition coefficient (Wildman–Crippen LogP) is 2.58. The van der Waals surface area contributed by atoms with Gasteiger partial charge in [0.2, 0.25) is 0 Å². The Kier molecular flexibility index (Phi) is 1.64. The molecule has 0 N–H and O–H groups in total. The van der Waals surface area contributed by atoms with Gasteiger partial charge in [-0.3, -0.25) is 0 Å². The van der Waals surface area contributed by atoms with Crippen molar-refractivity contribution in [1.29, 1.82) is 0 Å². The Labute approximate surface area is 45.8 Å². The van der Waals surface area contributed by atoms with E-state index in [0.29, 0.717) is 0 Å². The van der Waals surface area contributed by atoms with Crippen molar-refractivity contribution in [2.75, 3.05) is 0 Å². The van der Waals surface area contributed by atoms with Gasteiger partial charge >= 0.3 is 44.5 Å². The van der Waals surface area contributed by atoms with Gasteiger partial charge in [0.25, 0.3) is 0 Å². The third kappa shape index (κ3) is 5180. The minimum Gasteiger partial charge on any atom is 1.00 e. The molecule has 52 valence electrons. The van der Waals surface area contributed by atoms with Crippen molar-refractivity contribution in [2.45, 2.75) is 0 Å². The normalized spacial score (nSPS) is 20.2. The minimum atomic E-state index is -10.7. The number of halogens is 6. The molecule has 0 heterocycles. The molecule has 0 aromatic carbocycles. The van der Waals surface area contributed by atoms with Crippen LogP contribution in [-0.2, 0) is 0 Å². The second-order valence-corrected chi connectivity index (χ2v) is 2.87. The van der Waals surface area contributed by atoms with E-state index in [1.807, 2.05) is 0 Å². The van der Waals surface area contributed by atoms with Gasteiger partial charge in [-0.25, -0.2) is 0 Å². The summed E-state index contributed by atoms with van der Waals surface area (Å²) < 4.78 is 59.2. The molecular formula is H3BeF6P. The largest absolute Gasteiger partial charge is 1.00 e. The molecule has 0 spiro atoms. The van der Waals surface area contributed by atoms with Crippen molar-refractivity contribution in [2.24, 2.45) is 0 Å². The van der Waals surface area contributed by atoms with Crippen LogP contribution in [0.4, 0.5) is 25.2 Å². The van der Waals surface area contributed by atoms with Gasteiger partial charge in [-0.1, -0.05) is 0 Å². The zero-order valence-electron chi connectivity index (χ0n) is 3.72. The molecule has 0 radical (unpaired) electrons. The summed E-state index contributed by atoms with van der Waals surface area (Å²) in [6, 6.07) is 0. The van der Waals surface area contributed by atoms with Gasteiger partial charge in [-0.15, -0.1) is 0 Å². The summed E-state index contributed by atoms with van der Waals surface area (Å²) in [5, 5.41) is 0. The second kappa shape index (κ2) is 1.19. The Bertz CT molecular complexity index is 71.6. The van der Waals surface area contributed by atoms with Gasteiger partial charge in [-0.05, 0) is 0 Å². The first-order valence-corrected chi connectivity index (χ1v) is 3.04. The molecule has 0 bridgehead atoms. The third-order valence-electron chi connectivity index (χ3n) is 0. The average Bonchev–Trinajstić information content (AvgIpc) is 0.592. The SMILES string of the molecule is F[P-](F)(F)(F)(F)F.[BeH2].[H+]. The van der Waals surface area contributed by atoms with E-state index in [1.54, 1.807) is 0 Å². The zero-order chi connectivity index (χ0) is 6.41. The summed E-state index contributed by atoms with van der Waals surface area (Å²) in [5.74, 6) is 0. The Hall–Kier alpha value is 0.179. The van der Waals surface area contributed by atoms with Gasteiger partial charge in [-0.2, -0.15) is 0 Å². The third-order valence-corrected chi connectivity index (χ3v) is 0. The Balaban J connectivity index is -0.000000180. The quantitative estimate of drug-likeness (QED) is 0.288. The van der Waals surface area contributed by atoms with Crippen LogP contribution in [0.15, 0.2) is 0 Å². The predicted molar refractivity (Wildman–Crippen MR) is 23.2 cm³/mol. The molecule has 0 aliphatic heterocycles. The molecule has 0 saturated heterocycles. The number of hydrogen-bond donors (Lipinski definition) is 0. The molecule has 0 saturated carbocycles. The molecule has 0 aliphatic rings. The summed E-state index contributed by atoms with van der Waals surface area (Å²) in [6.45, 7) is 0. The Morgan fingerprint density at radius 2 is 0.750 bits per heavy atom. The molecule has 0 unspecified atom stereocenters. The van der Waals surface area contributed by atoms with Crippen LogP contribution in [0, 0.1) is 0 Å². The minimum absolute atomic E-state index is 0. The molecule has 8 heavy (non-hydrogen) atoms. The summed E-state index contributed by atoms with van der Waals surface area (Å²) >= 11 is 0. The van der Waals surface area contributed by atoms with Gasteiger partial charge in [0.05, 0.1) is 0 Å². The van der Waals surface area contributed by atoms with Crippen LogP contribution in [-0.4, -0.2) is 10.1 Å². The van der Waals surface area contributed by atoms with Crippen molar-refractivity contribution >= 4 is 17.9 Å². The van der Waals surface area contributed by atoms with Crippen molar-refractivity contribution in [1.82, 2.24) is 0 Å². The van der Waals surface area contributed by atoms with E-state index < -0.39 is 7.81 Å². The molecule has 0 amide bonds. The Morgan fingerprint density at radius 1 is 0.750 bits per heavy atom. The van der Waals surface area contributed by atoms with E-state index in [-0.39, 0.29) is 11.5 Å². The monoisotopic (exact) mass is 157 g/mol. The summed E-state index contributed by atoms with van der Waals surface area (Å²) in [6.07, 6.45) is 0. The van der Waals surface area contributed by atoms with E-state index >= 15 is 0 Å².